The van der Waals surface area contributed by atoms with Gasteiger partial charge < -0.3 is 14.5 Å². The van der Waals surface area contributed by atoms with Crippen LogP contribution in [-0.4, -0.2) is 64.6 Å². The summed E-state index contributed by atoms with van der Waals surface area (Å²) in [5.74, 6) is 1.73. The highest BCUT2D eigenvalue weighted by molar-refractivity contribution is 7.22. The lowest BCUT2D eigenvalue weighted by Gasteiger charge is -2.36. The van der Waals surface area contributed by atoms with E-state index in [1.807, 2.05) is 23.1 Å². The third-order valence-corrected chi connectivity index (χ3v) is 7.52. The number of piperazine rings is 1. The van der Waals surface area contributed by atoms with E-state index in [4.69, 9.17) is 14.7 Å². The van der Waals surface area contributed by atoms with E-state index in [0.717, 1.165) is 47.5 Å². The van der Waals surface area contributed by atoms with E-state index in [1.54, 1.807) is 23.7 Å². The van der Waals surface area contributed by atoms with Gasteiger partial charge in [0, 0.05) is 55.6 Å². The monoisotopic (exact) mass is 471 g/mol. The summed E-state index contributed by atoms with van der Waals surface area (Å²) in [5.41, 5.74) is 2.07. The van der Waals surface area contributed by atoms with Crippen LogP contribution in [0, 0.1) is 0 Å². The van der Waals surface area contributed by atoms with Gasteiger partial charge in [0.1, 0.15) is 16.8 Å². The van der Waals surface area contributed by atoms with Gasteiger partial charge in [-0.25, -0.2) is 9.97 Å². The zero-order valence-corrected chi connectivity index (χ0v) is 19.6. The van der Waals surface area contributed by atoms with Crippen LogP contribution in [0.2, 0.25) is 0 Å². The van der Waals surface area contributed by atoms with Crippen LogP contribution in [-0.2, 0) is 9.53 Å². The Morgan fingerprint density at radius 3 is 2.56 bits per heavy atom. The lowest BCUT2D eigenvalue weighted by atomic mass is 10.1. The Balaban J connectivity index is 1.34. The number of amides is 1. The summed E-state index contributed by atoms with van der Waals surface area (Å²) >= 11 is 1.68. The van der Waals surface area contributed by atoms with Crippen molar-refractivity contribution in [1.29, 1.82) is 0 Å². The highest BCUT2D eigenvalue weighted by Gasteiger charge is 2.31. The normalized spacial score (nSPS) is 18.5. The molecule has 2 aliphatic rings. The second-order valence-corrected chi connectivity index (χ2v) is 9.65. The molecule has 2 saturated heterocycles. The van der Waals surface area contributed by atoms with Gasteiger partial charge in [0.15, 0.2) is 5.82 Å². The number of hydrogen-bond acceptors (Lipinski definition) is 7. The second-order valence-electron chi connectivity index (χ2n) is 8.62. The Morgan fingerprint density at radius 1 is 1.00 bits per heavy atom. The van der Waals surface area contributed by atoms with E-state index in [-0.39, 0.29) is 12.0 Å². The van der Waals surface area contributed by atoms with Crippen LogP contribution in [0.4, 0.5) is 5.82 Å². The predicted octanol–water partition coefficient (Wildman–Crippen LogP) is 4.25. The van der Waals surface area contributed by atoms with Crippen molar-refractivity contribution in [3.63, 3.8) is 0 Å². The number of anilines is 1. The largest absolute Gasteiger partial charge is 0.368 e. The van der Waals surface area contributed by atoms with Crippen LogP contribution < -0.4 is 4.90 Å². The molecule has 2 aliphatic heterocycles. The quantitative estimate of drug-likeness (QED) is 0.443. The molecule has 172 valence electrons. The van der Waals surface area contributed by atoms with Crippen molar-refractivity contribution in [3.05, 3.63) is 60.9 Å². The van der Waals surface area contributed by atoms with Crippen molar-refractivity contribution in [2.24, 2.45) is 0 Å². The Bertz CT molecular complexity index is 1300. The minimum absolute atomic E-state index is 0.128. The Labute approximate surface area is 202 Å². The van der Waals surface area contributed by atoms with E-state index in [0.29, 0.717) is 25.5 Å². The summed E-state index contributed by atoms with van der Waals surface area (Å²) < 4.78 is 5.62. The maximum Gasteiger partial charge on any atom is 0.251 e. The molecule has 7 nitrogen and oxygen atoms in total. The number of carbonyl (C=O) groups excluding carboxylic acids is 1. The molecule has 0 saturated carbocycles. The zero-order valence-electron chi connectivity index (χ0n) is 18.8. The van der Waals surface area contributed by atoms with Gasteiger partial charge in [-0.2, -0.15) is 0 Å². The molecule has 1 aromatic carbocycles. The molecule has 8 heteroatoms. The summed E-state index contributed by atoms with van der Waals surface area (Å²) in [4.78, 5) is 33.3. The molecule has 1 unspecified atom stereocenters. The molecule has 6 rings (SSSR count). The summed E-state index contributed by atoms with van der Waals surface area (Å²) in [6.45, 7) is 3.49. The molecule has 0 aliphatic carbocycles. The van der Waals surface area contributed by atoms with Crippen LogP contribution in [0.1, 0.15) is 12.8 Å². The van der Waals surface area contributed by atoms with Crippen LogP contribution in [0.3, 0.4) is 0 Å². The lowest BCUT2D eigenvalue weighted by Crippen LogP contribution is -2.51. The van der Waals surface area contributed by atoms with Gasteiger partial charge in [-0.05, 0) is 36.6 Å². The Kier molecular flexibility index (Phi) is 5.68. The first kappa shape index (κ1) is 21.2. The maximum atomic E-state index is 12.8. The summed E-state index contributed by atoms with van der Waals surface area (Å²) in [6.07, 6.45) is 5.09. The van der Waals surface area contributed by atoms with E-state index in [1.165, 1.54) is 10.4 Å². The number of fused-ring (bicyclic) bond motifs is 1. The standard InChI is InChI=1S/C26H25N5O2S/c32-26(21-9-5-15-33-21)31-13-11-30(12-14-31)24-20-16-22(18-6-2-1-3-7-18)34-25(20)29-23(28-24)19-8-4-10-27-17-19/h1-4,6-8,10,16-17,21H,5,9,11-15H2. The first-order valence-corrected chi connectivity index (χ1v) is 12.5. The van der Waals surface area contributed by atoms with Crippen molar-refractivity contribution in [2.45, 2.75) is 18.9 Å². The fourth-order valence-electron chi connectivity index (χ4n) is 4.63. The molecule has 3 aromatic heterocycles. The Morgan fingerprint density at radius 2 is 1.82 bits per heavy atom. The lowest BCUT2D eigenvalue weighted by molar-refractivity contribution is -0.141. The van der Waals surface area contributed by atoms with Gasteiger partial charge in [0.05, 0.1) is 5.39 Å². The van der Waals surface area contributed by atoms with Gasteiger partial charge >= 0.3 is 0 Å². The number of thiophene rings is 1. The average Bonchev–Trinajstić information content (AvgIpc) is 3.59. The van der Waals surface area contributed by atoms with Crippen molar-refractivity contribution >= 4 is 33.3 Å². The van der Waals surface area contributed by atoms with Gasteiger partial charge in [0.2, 0.25) is 0 Å². The summed E-state index contributed by atoms with van der Waals surface area (Å²) in [7, 11) is 0. The number of rotatable bonds is 4. The van der Waals surface area contributed by atoms with Gasteiger partial charge in [-0.3, -0.25) is 9.78 Å². The van der Waals surface area contributed by atoms with Crippen LogP contribution in [0.15, 0.2) is 60.9 Å². The molecule has 0 N–H and O–H groups in total. The number of ether oxygens (including phenoxy) is 1. The van der Waals surface area contributed by atoms with E-state index in [9.17, 15) is 4.79 Å². The topological polar surface area (TPSA) is 71.5 Å². The number of aromatic nitrogens is 3. The molecular weight excluding hydrogens is 446 g/mol. The fraction of sp³-hybridized carbons (Fsp3) is 0.308. The molecule has 5 heterocycles. The third kappa shape index (κ3) is 4.03. The average molecular weight is 472 g/mol. The molecule has 34 heavy (non-hydrogen) atoms. The number of benzene rings is 1. The number of carbonyl (C=O) groups is 1. The first-order valence-electron chi connectivity index (χ1n) is 11.7. The minimum atomic E-state index is -0.264. The van der Waals surface area contributed by atoms with Gasteiger partial charge in [-0.15, -0.1) is 11.3 Å². The SMILES string of the molecule is O=C(C1CCCO1)N1CCN(c2nc(-c3cccnc3)nc3sc(-c4ccccc4)cc23)CC1. The van der Waals surface area contributed by atoms with E-state index >= 15 is 0 Å². The van der Waals surface area contributed by atoms with Crippen molar-refractivity contribution in [3.8, 4) is 21.8 Å². The van der Waals surface area contributed by atoms with Gasteiger partial charge in [-0.1, -0.05) is 30.3 Å². The first-order chi connectivity index (χ1) is 16.8. The smallest absolute Gasteiger partial charge is 0.251 e. The molecule has 0 spiro atoms. The molecule has 1 atom stereocenters. The van der Waals surface area contributed by atoms with E-state index < -0.39 is 0 Å². The van der Waals surface area contributed by atoms with E-state index in [2.05, 4.69) is 40.2 Å². The zero-order chi connectivity index (χ0) is 22.9. The van der Waals surface area contributed by atoms with Crippen molar-refractivity contribution in [1.82, 2.24) is 19.9 Å². The number of hydrogen-bond donors (Lipinski definition) is 0. The minimum Gasteiger partial charge on any atom is -0.368 e. The highest BCUT2D eigenvalue weighted by atomic mass is 32.1. The third-order valence-electron chi connectivity index (χ3n) is 6.45. The van der Waals surface area contributed by atoms with Crippen molar-refractivity contribution in [2.75, 3.05) is 37.7 Å². The summed E-state index contributed by atoms with van der Waals surface area (Å²) in [6, 6.07) is 16.5. The predicted molar refractivity (Wildman–Crippen MR) is 134 cm³/mol. The molecule has 0 bridgehead atoms. The van der Waals surface area contributed by atoms with Crippen LogP contribution >= 0.6 is 11.3 Å². The molecule has 4 aromatic rings. The van der Waals surface area contributed by atoms with Crippen LogP contribution in [0.5, 0.6) is 0 Å². The second kappa shape index (κ2) is 9.12. The fourth-order valence-corrected chi connectivity index (χ4v) is 5.66. The van der Waals surface area contributed by atoms with Gasteiger partial charge in [0.25, 0.3) is 5.91 Å². The molecule has 1 amide bonds. The number of nitrogens with zero attached hydrogens (tertiary/aromatic N) is 5. The summed E-state index contributed by atoms with van der Waals surface area (Å²) in [5, 5.41) is 1.05. The van der Waals surface area contributed by atoms with Crippen LogP contribution in [0.25, 0.3) is 32.0 Å². The molecule has 0 radical (unpaired) electrons. The molecule has 2 fully saturated rings. The Hall–Kier alpha value is -3.36. The highest BCUT2D eigenvalue weighted by Crippen LogP contribution is 2.38. The molecular formula is C26H25N5O2S. The maximum absolute atomic E-state index is 12.8. The van der Waals surface area contributed by atoms with Crippen molar-refractivity contribution < 1.29 is 9.53 Å². The number of pyridine rings is 1.